The van der Waals surface area contributed by atoms with Crippen LogP contribution in [0, 0.1) is 5.41 Å². The van der Waals surface area contributed by atoms with E-state index in [-0.39, 0.29) is 5.41 Å². The van der Waals surface area contributed by atoms with Gasteiger partial charge in [0.1, 0.15) is 11.0 Å². The van der Waals surface area contributed by atoms with E-state index in [1.807, 2.05) is 12.1 Å². The third-order valence-corrected chi connectivity index (χ3v) is 6.03. The van der Waals surface area contributed by atoms with Crippen molar-refractivity contribution in [1.82, 2.24) is 20.1 Å². The summed E-state index contributed by atoms with van der Waals surface area (Å²) in [6.45, 7) is 7.07. The van der Waals surface area contributed by atoms with E-state index >= 15 is 0 Å². The minimum Gasteiger partial charge on any atom is -0.342 e. The molecule has 2 saturated heterocycles. The topological polar surface area (TPSA) is 62.5 Å². The smallest absolute Gasteiger partial charge is 0.222 e. The molecule has 2 aromatic rings. The molecule has 2 aliphatic heterocycles. The summed E-state index contributed by atoms with van der Waals surface area (Å²) in [5.74, 6) is 0.347. The Bertz CT molecular complexity index is 774. The molecule has 0 N–H and O–H groups in total. The lowest BCUT2D eigenvalue weighted by atomic mass is 9.73. The number of benzene rings is 1. The molecule has 2 aliphatic rings. The molecule has 2 fully saturated rings. The zero-order valence-corrected chi connectivity index (χ0v) is 15.6. The number of hydrogen-bond donors (Lipinski definition) is 0. The number of aromatic nitrogens is 2. The molecule has 6 heteroatoms. The Balaban J connectivity index is 1.47. The first-order valence-electron chi connectivity index (χ1n) is 9.89. The predicted octanol–water partition coefficient (Wildman–Crippen LogP) is 3.23. The second kappa shape index (κ2) is 7.35. The SMILES string of the molecule is CCCCN1CC2(CCCN(Cc3cccc4nonc34)C2)CCC1=O. The van der Waals surface area contributed by atoms with E-state index in [0.29, 0.717) is 12.3 Å². The molecule has 1 atom stereocenters. The van der Waals surface area contributed by atoms with Gasteiger partial charge in [0.2, 0.25) is 5.91 Å². The van der Waals surface area contributed by atoms with Crippen LogP contribution in [-0.2, 0) is 11.3 Å². The van der Waals surface area contributed by atoms with Crippen LogP contribution in [0.3, 0.4) is 0 Å². The number of rotatable bonds is 5. The second-order valence-corrected chi connectivity index (χ2v) is 8.03. The van der Waals surface area contributed by atoms with Crippen molar-refractivity contribution in [3.63, 3.8) is 0 Å². The standard InChI is InChI=1S/C20H28N4O2/c1-2-3-12-24-15-20(10-8-18(24)25)9-5-11-23(14-20)13-16-6-4-7-17-19(16)22-26-21-17/h4,6-7H,2-3,5,8-15H2,1H3. The third kappa shape index (κ3) is 3.47. The van der Waals surface area contributed by atoms with Gasteiger partial charge in [0, 0.05) is 38.0 Å². The Morgan fingerprint density at radius 1 is 1.23 bits per heavy atom. The molecule has 1 unspecified atom stereocenters. The number of amides is 1. The van der Waals surface area contributed by atoms with Crippen molar-refractivity contribution in [3.05, 3.63) is 23.8 Å². The van der Waals surface area contributed by atoms with Gasteiger partial charge >= 0.3 is 0 Å². The highest BCUT2D eigenvalue weighted by atomic mass is 16.6. The van der Waals surface area contributed by atoms with Crippen molar-refractivity contribution in [2.75, 3.05) is 26.2 Å². The molecule has 140 valence electrons. The summed E-state index contributed by atoms with van der Waals surface area (Å²) < 4.78 is 4.91. The lowest BCUT2D eigenvalue weighted by Gasteiger charge is -2.48. The fourth-order valence-corrected chi connectivity index (χ4v) is 4.66. The summed E-state index contributed by atoms with van der Waals surface area (Å²) in [5.41, 5.74) is 3.13. The molecule has 1 aromatic heterocycles. The van der Waals surface area contributed by atoms with Gasteiger partial charge in [-0.05, 0) is 54.2 Å². The van der Waals surface area contributed by atoms with Crippen molar-refractivity contribution in [2.24, 2.45) is 5.41 Å². The number of hydrogen-bond acceptors (Lipinski definition) is 5. The molecule has 26 heavy (non-hydrogen) atoms. The van der Waals surface area contributed by atoms with Gasteiger partial charge < -0.3 is 4.90 Å². The zero-order valence-electron chi connectivity index (χ0n) is 15.6. The van der Waals surface area contributed by atoms with Crippen LogP contribution in [0.15, 0.2) is 22.8 Å². The van der Waals surface area contributed by atoms with Crippen LogP contribution < -0.4 is 0 Å². The highest BCUT2D eigenvalue weighted by Gasteiger charge is 2.41. The quantitative estimate of drug-likeness (QED) is 0.823. The predicted molar refractivity (Wildman–Crippen MR) is 99.5 cm³/mol. The Morgan fingerprint density at radius 3 is 3.04 bits per heavy atom. The van der Waals surface area contributed by atoms with Crippen LogP contribution in [0.4, 0.5) is 0 Å². The maximum absolute atomic E-state index is 12.3. The normalized spacial score (nSPS) is 24.7. The van der Waals surface area contributed by atoms with Crippen molar-refractivity contribution < 1.29 is 9.42 Å². The first-order valence-corrected chi connectivity index (χ1v) is 9.89. The summed E-state index contributed by atoms with van der Waals surface area (Å²) in [6, 6.07) is 6.07. The van der Waals surface area contributed by atoms with Gasteiger partial charge in [0.05, 0.1) is 0 Å². The van der Waals surface area contributed by atoms with E-state index in [4.69, 9.17) is 4.63 Å². The molecule has 0 aliphatic carbocycles. The minimum absolute atomic E-state index is 0.260. The van der Waals surface area contributed by atoms with Crippen molar-refractivity contribution in [2.45, 2.75) is 52.0 Å². The fourth-order valence-electron chi connectivity index (χ4n) is 4.66. The van der Waals surface area contributed by atoms with E-state index in [1.165, 1.54) is 18.4 Å². The van der Waals surface area contributed by atoms with E-state index in [0.717, 1.165) is 63.0 Å². The first kappa shape index (κ1) is 17.5. The number of unbranched alkanes of at least 4 members (excludes halogenated alkanes) is 1. The van der Waals surface area contributed by atoms with Crippen molar-refractivity contribution in [1.29, 1.82) is 0 Å². The summed E-state index contributed by atoms with van der Waals surface area (Å²) in [4.78, 5) is 17.0. The zero-order chi connectivity index (χ0) is 18.0. The Labute approximate surface area is 154 Å². The minimum atomic E-state index is 0.260. The Kier molecular flexibility index (Phi) is 4.94. The van der Waals surface area contributed by atoms with Gasteiger partial charge in [-0.1, -0.05) is 25.5 Å². The number of carbonyl (C=O) groups is 1. The van der Waals surface area contributed by atoms with Crippen LogP contribution in [-0.4, -0.2) is 52.2 Å². The molecule has 1 spiro atoms. The van der Waals surface area contributed by atoms with Gasteiger partial charge in [-0.2, -0.15) is 0 Å². The monoisotopic (exact) mass is 356 g/mol. The molecular weight excluding hydrogens is 328 g/mol. The van der Waals surface area contributed by atoms with E-state index in [9.17, 15) is 4.79 Å². The van der Waals surface area contributed by atoms with Crippen molar-refractivity contribution >= 4 is 16.9 Å². The molecule has 0 saturated carbocycles. The molecular formula is C20H28N4O2. The third-order valence-electron chi connectivity index (χ3n) is 6.03. The largest absolute Gasteiger partial charge is 0.342 e. The number of likely N-dealkylation sites (tertiary alicyclic amines) is 2. The van der Waals surface area contributed by atoms with Crippen molar-refractivity contribution in [3.8, 4) is 0 Å². The second-order valence-electron chi connectivity index (χ2n) is 8.03. The Hall–Kier alpha value is -1.95. The molecule has 0 radical (unpaired) electrons. The van der Waals surface area contributed by atoms with Gasteiger partial charge in [-0.25, -0.2) is 4.63 Å². The summed E-state index contributed by atoms with van der Waals surface area (Å²) in [7, 11) is 0. The number of piperidine rings is 2. The highest BCUT2D eigenvalue weighted by Crippen LogP contribution is 2.39. The maximum Gasteiger partial charge on any atom is 0.222 e. The number of carbonyl (C=O) groups excluding carboxylic acids is 1. The van der Waals surface area contributed by atoms with E-state index in [2.05, 4.69) is 33.1 Å². The summed E-state index contributed by atoms with van der Waals surface area (Å²) in [6.07, 6.45) is 6.41. The van der Waals surface area contributed by atoms with Crippen LogP contribution in [0.2, 0.25) is 0 Å². The summed E-state index contributed by atoms with van der Waals surface area (Å²) in [5, 5.41) is 8.03. The maximum atomic E-state index is 12.3. The highest BCUT2D eigenvalue weighted by molar-refractivity contribution is 5.77. The van der Waals surface area contributed by atoms with Gasteiger partial charge in [0.25, 0.3) is 0 Å². The molecule has 6 nitrogen and oxygen atoms in total. The van der Waals surface area contributed by atoms with Crippen LogP contribution in [0.1, 0.15) is 51.0 Å². The number of fused-ring (bicyclic) bond motifs is 1. The molecule has 3 heterocycles. The lowest BCUT2D eigenvalue weighted by Crippen LogP contribution is -2.53. The van der Waals surface area contributed by atoms with Crippen LogP contribution in [0.5, 0.6) is 0 Å². The molecule has 0 bridgehead atoms. The fraction of sp³-hybridized carbons (Fsp3) is 0.650. The van der Waals surface area contributed by atoms with Gasteiger partial charge in [-0.15, -0.1) is 0 Å². The van der Waals surface area contributed by atoms with Gasteiger partial charge in [-0.3, -0.25) is 9.69 Å². The van der Waals surface area contributed by atoms with Crippen LogP contribution in [0.25, 0.3) is 11.0 Å². The molecule has 1 aromatic carbocycles. The summed E-state index contributed by atoms with van der Waals surface area (Å²) >= 11 is 0. The first-order chi connectivity index (χ1) is 12.7. The van der Waals surface area contributed by atoms with Crippen LogP contribution >= 0.6 is 0 Å². The molecule has 1 amide bonds. The lowest BCUT2D eigenvalue weighted by molar-refractivity contribution is -0.139. The van der Waals surface area contributed by atoms with Gasteiger partial charge in [0.15, 0.2) is 0 Å². The van der Waals surface area contributed by atoms with E-state index in [1.54, 1.807) is 0 Å². The van der Waals surface area contributed by atoms with E-state index < -0.39 is 0 Å². The number of nitrogens with zero attached hydrogens (tertiary/aromatic N) is 4. The molecule has 4 rings (SSSR count). The average Bonchev–Trinajstić information content (AvgIpc) is 3.13. The average molecular weight is 356 g/mol. The Morgan fingerprint density at radius 2 is 2.15 bits per heavy atom.